The quantitative estimate of drug-likeness (QED) is 0.816. The fraction of sp³-hybridized carbons (Fsp3) is 0.200. The molecule has 6 heteroatoms. The van der Waals surface area contributed by atoms with Crippen molar-refractivity contribution < 1.29 is 4.39 Å². The monoisotopic (exact) mass is 238 g/mol. The van der Waals surface area contributed by atoms with Gasteiger partial charge in [-0.05, 0) is 30.4 Å². The molecule has 0 amide bonds. The molecule has 0 saturated heterocycles. The number of hydrogen-bond acceptors (Lipinski definition) is 3. The van der Waals surface area contributed by atoms with Gasteiger partial charge in [0.25, 0.3) is 0 Å². The third kappa shape index (κ3) is 1.83. The summed E-state index contributed by atoms with van der Waals surface area (Å²) in [6, 6.07) is 6.31. The molecule has 1 aromatic heterocycles. The largest absolute Gasteiger partial charge is 0.314 e. The van der Waals surface area contributed by atoms with Crippen LogP contribution in [0.4, 0.5) is 16.0 Å². The average molecular weight is 238 g/mol. The minimum atomic E-state index is -0.277. The van der Waals surface area contributed by atoms with E-state index >= 15 is 0 Å². The number of hydrogen-bond donors (Lipinski definition) is 1. The number of H-pyrrole nitrogens is 1. The van der Waals surface area contributed by atoms with Crippen LogP contribution in [0.1, 0.15) is 0 Å². The standard InChI is InChI=1S/C10H11FN4S/c1-14(8-5-3-4-7(11)6-8)9-12-13-10(16)15(9)2/h3-6H,1-2H3,(H,13,16). The molecule has 0 aliphatic rings. The normalized spacial score (nSPS) is 10.4. The predicted molar refractivity (Wildman–Crippen MR) is 62.9 cm³/mol. The summed E-state index contributed by atoms with van der Waals surface area (Å²) < 4.78 is 15.3. The molecule has 0 atom stereocenters. The molecule has 0 aliphatic carbocycles. The third-order valence-corrected chi connectivity index (χ3v) is 2.72. The molecular weight excluding hydrogens is 227 g/mol. The van der Waals surface area contributed by atoms with E-state index in [0.717, 1.165) is 5.69 Å². The lowest BCUT2D eigenvalue weighted by Gasteiger charge is -2.17. The molecule has 0 radical (unpaired) electrons. The molecule has 16 heavy (non-hydrogen) atoms. The summed E-state index contributed by atoms with van der Waals surface area (Å²) >= 11 is 5.01. The van der Waals surface area contributed by atoms with Gasteiger partial charge in [0.15, 0.2) is 4.77 Å². The van der Waals surface area contributed by atoms with Crippen LogP contribution in [0.3, 0.4) is 0 Å². The van der Waals surface area contributed by atoms with Crippen molar-refractivity contribution in [1.29, 1.82) is 0 Å². The maximum absolute atomic E-state index is 13.1. The lowest BCUT2D eigenvalue weighted by Crippen LogP contribution is -2.14. The molecule has 1 aromatic carbocycles. The molecule has 4 nitrogen and oxygen atoms in total. The van der Waals surface area contributed by atoms with Crippen LogP contribution in [-0.4, -0.2) is 21.8 Å². The number of nitrogens with zero attached hydrogens (tertiary/aromatic N) is 3. The minimum Gasteiger partial charge on any atom is -0.314 e. The SMILES string of the molecule is CN(c1cccc(F)c1)c1n[nH]c(=S)n1C. The van der Waals surface area contributed by atoms with E-state index < -0.39 is 0 Å². The number of nitrogens with one attached hydrogen (secondary N) is 1. The zero-order valence-electron chi connectivity index (χ0n) is 8.94. The summed E-state index contributed by atoms with van der Waals surface area (Å²) in [4.78, 5) is 1.76. The number of anilines is 2. The van der Waals surface area contributed by atoms with E-state index in [2.05, 4.69) is 10.2 Å². The minimum absolute atomic E-state index is 0.277. The summed E-state index contributed by atoms with van der Waals surface area (Å²) in [5.74, 6) is 0.358. The van der Waals surface area contributed by atoms with Gasteiger partial charge in [-0.15, -0.1) is 5.10 Å². The van der Waals surface area contributed by atoms with E-state index in [4.69, 9.17) is 12.2 Å². The van der Waals surface area contributed by atoms with Crippen molar-refractivity contribution in [3.8, 4) is 0 Å². The molecule has 0 aliphatic heterocycles. The summed E-state index contributed by atoms with van der Waals surface area (Å²) in [5, 5.41) is 6.75. The molecular formula is C10H11FN4S. The third-order valence-electron chi connectivity index (χ3n) is 2.35. The van der Waals surface area contributed by atoms with Crippen molar-refractivity contribution in [3.63, 3.8) is 0 Å². The Balaban J connectivity index is 2.43. The van der Waals surface area contributed by atoms with E-state index in [-0.39, 0.29) is 5.82 Å². The van der Waals surface area contributed by atoms with Gasteiger partial charge in [-0.2, -0.15) is 0 Å². The highest BCUT2D eigenvalue weighted by atomic mass is 32.1. The Morgan fingerprint density at radius 2 is 2.25 bits per heavy atom. The van der Waals surface area contributed by atoms with E-state index in [1.165, 1.54) is 12.1 Å². The highest BCUT2D eigenvalue weighted by Crippen LogP contribution is 2.21. The molecule has 0 spiro atoms. The van der Waals surface area contributed by atoms with Crippen molar-refractivity contribution in [3.05, 3.63) is 34.9 Å². The Morgan fingerprint density at radius 3 is 2.81 bits per heavy atom. The summed E-state index contributed by atoms with van der Waals surface area (Å²) in [6.45, 7) is 0. The number of benzene rings is 1. The van der Waals surface area contributed by atoms with Crippen LogP contribution in [0.5, 0.6) is 0 Å². The van der Waals surface area contributed by atoms with Crippen molar-refractivity contribution in [2.45, 2.75) is 0 Å². The lowest BCUT2D eigenvalue weighted by atomic mass is 10.3. The van der Waals surface area contributed by atoms with Gasteiger partial charge in [0.05, 0.1) is 0 Å². The molecule has 0 fully saturated rings. The molecule has 0 unspecified atom stereocenters. The van der Waals surface area contributed by atoms with Gasteiger partial charge in [-0.1, -0.05) is 6.07 Å². The van der Waals surface area contributed by atoms with Crippen molar-refractivity contribution in [1.82, 2.24) is 14.8 Å². The second-order valence-corrected chi connectivity index (χ2v) is 3.81. The van der Waals surface area contributed by atoms with E-state index in [9.17, 15) is 4.39 Å². The van der Waals surface area contributed by atoms with Crippen LogP contribution >= 0.6 is 12.2 Å². The van der Waals surface area contributed by atoms with Crippen LogP contribution < -0.4 is 4.90 Å². The molecule has 2 aromatic rings. The van der Waals surface area contributed by atoms with Crippen molar-refractivity contribution in [2.75, 3.05) is 11.9 Å². The van der Waals surface area contributed by atoms with E-state index in [0.29, 0.717) is 10.7 Å². The highest BCUT2D eigenvalue weighted by Gasteiger charge is 2.10. The van der Waals surface area contributed by atoms with E-state index in [1.54, 1.807) is 35.7 Å². The summed E-state index contributed by atoms with van der Waals surface area (Å²) in [6.07, 6.45) is 0. The summed E-state index contributed by atoms with van der Waals surface area (Å²) in [7, 11) is 3.61. The number of aromatic nitrogens is 3. The van der Waals surface area contributed by atoms with Gasteiger partial charge in [-0.3, -0.25) is 4.57 Å². The van der Waals surface area contributed by atoms with E-state index in [1.807, 2.05) is 0 Å². The average Bonchev–Trinajstić information content (AvgIpc) is 2.59. The lowest BCUT2D eigenvalue weighted by molar-refractivity contribution is 0.627. The zero-order chi connectivity index (χ0) is 11.7. The first-order valence-electron chi connectivity index (χ1n) is 4.70. The topological polar surface area (TPSA) is 36.9 Å². The van der Waals surface area contributed by atoms with Crippen LogP contribution in [0, 0.1) is 10.6 Å². The fourth-order valence-electron chi connectivity index (χ4n) is 1.44. The zero-order valence-corrected chi connectivity index (χ0v) is 9.75. The maximum atomic E-state index is 13.1. The number of halogens is 1. The second-order valence-electron chi connectivity index (χ2n) is 3.43. The van der Waals surface area contributed by atoms with Gasteiger partial charge >= 0.3 is 0 Å². The number of aromatic amines is 1. The van der Waals surface area contributed by atoms with Crippen LogP contribution in [0.15, 0.2) is 24.3 Å². The van der Waals surface area contributed by atoms with Crippen LogP contribution in [0.25, 0.3) is 0 Å². The summed E-state index contributed by atoms with van der Waals surface area (Å²) in [5.41, 5.74) is 0.720. The molecule has 1 N–H and O–H groups in total. The molecule has 84 valence electrons. The fourth-order valence-corrected chi connectivity index (χ4v) is 1.57. The Kier molecular flexibility index (Phi) is 2.74. The second kappa shape index (κ2) is 4.05. The van der Waals surface area contributed by atoms with Gasteiger partial charge in [0.2, 0.25) is 5.95 Å². The Hall–Kier alpha value is -1.69. The first-order chi connectivity index (χ1) is 7.59. The van der Waals surface area contributed by atoms with Crippen molar-refractivity contribution >= 4 is 23.9 Å². The Morgan fingerprint density at radius 1 is 1.50 bits per heavy atom. The van der Waals surface area contributed by atoms with Crippen molar-refractivity contribution in [2.24, 2.45) is 7.05 Å². The molecule has 2 rings (SSSR count). The smallest absolute Gasteiger partial charge is 0.229 e. The molecule has 1 heterocycles. The predicted octanol–water partition coefficient (Wildman–Crippen LogP) is 2.38. The van der Waals surface area contributed by atoms with Crippen LogP contribution in [0.2, 0.25) is 0 Å². The van der Waals surface area contributed by atoms with Gasteiger partial charge in [-0.25, -0.2) is 9.49 Å². The first kappa shape index (κ1) is 10.8. The van der Waals surface area contributed by atoms with Gasteiger partial charge in [0, 0.05) is 19.8 Å². The maximum Gasteiger partial charge on any atom is 0.229 e. The van der Waals surface area contributed by atoms with Crippen LogP contribution in [-0.2, 0) is 7.05 Å². The molecule has 0 bridgehead atoms. The first-order valence-corrected chi connectivity index (χ1v) is 5.11. The van der Waals surface area contributed by atoms with Gasteiger partial charge in [0.1, 0.15) is 5.82 Å². The number of rotatable bonds is 2. The Labute approximate surface area is 97.3 Å². The Bertz CT molecular complexity index is 560. The molecule has 0 saturated carbocycles. The highest BCUT2D eigenvalue weighted by molar-refractivity contribution is 7.71. The van der Waals surface area contributed by atoms with Gasteiger partial charge < -0.3 is 4.90 Å².